The Kier molecular flexibility index (Phi) is 3.37. The minimum Gasteiger partial charge on any atom is -0.316 e. The summed E-state index contributed by atoms with van der Waals surface area (Å²) in [4.78, 5) is 0. The first-order valence-corrected chi connectivity index (χ1v) is 4.32. The van der Waals surface area contributed by atoms with Crippen molar-refractivity contribution in [2.75, 3.05) is 13.1 Å². The number of allylic oxidation sites excluding steroid dienone is 2. The molecule has 1 rings (SSSR count). The molecule has 0 aromatic heterocycles. The third kappa shape index (κ3) is 3.38. The number of rotatable bonds is 2. The molecule has 0 radical (unpaired) electrons. The van der Waals surface area contributed by atoms with Crippen LogP contribution in [0.4, 0.5) is 0 Å². The first-order chi connectivity index (χ1) is 5.29. The number of hydrogen-bond acceptors (Lipinski definition) is 1. The van der Waals surface area contributed by atoms with Gasteiger partial charge in [-0.1, -0.05) is 23.8 Å². The SMILES string of the molecule is C=C(C)CC=C1CCNCC1. The van der Waals surface area contributed by atoms with E-state index in [1.807, 2.05) is 0 Å². The molecule has 0 amide bonds. The Morgan fingerprint density at radius 3 is 2.73 bits per heavy atom. The fraction of sp³-hybridized carbons (Fsp3) is 0.600. The molecule has 0 aliphatic carbocycles. The molecule has 1 heterocycles. The second-order valence-electron chi connectivity index (χ2n) is 3.27. The second-order valence-corrected chi connectivity index (χ2v) is 3.27. The molecule has 1 saturated heterocycles. The third-order valence-electron chi connectivity index (χ3n) is 1.98. The highest BCUT2D eigenvalue weighted by Gasteiger charge is 2.02. The zero-order chi connectivity index (χ0) is 8.10. The molecule has 1 aliphatic heterocycles. The van der Waals surface area contributed by atoms with Gasteiger partial charge in [-0.15, -0.1) is 0 Å². The first-order valence-electron chi connectivity index (χ1n) is 4.32. The van der Waals surface area contributed by atoms with Gasteiger partial charge in [-0.3, -0.25) is 0 Å². The molecular formula is C10H17N. The minimum absolute atomic E-state index is 1.06. The van der Waals surface area contributed by atoms with Gasteiger partial charge in [-0.05, 0) is 39.3 Å². The van der Waals surface area contributed by atoms with Crippen LogP contribution in [0.2, 0.25) is 0 Å². The normalized spacial score (nSPS) is 18.1. The molecular weight excluding hydrogens is 134 g/mol. The minimum atomic E-state index is 1.06. The summed E-state index contributed by atoms with van der Waals surface area (Å²) in [6.07, 6.45) is 5.86. The van der Waals surface area contributed by atoms with E-state index < -0.39 is 0 Å². The molecule has 1 nitrogen and oxygen atoms in total. The lowest BCUT2D eigenvalue weighted by Crippen LogP contribution is -2.23. The monoisotopic (exact) mass is 151 g/mol. The van der Waals surface area contributed by atoms with Crippen molar-refractivity contribution >= 4 is 0 Å². The summed E-state index contributed by atoms with van der Waals surface area (Å²) in [6, 6.07) is 0. The van der Waals surface area contributed by atoms with Crippen LogP contribution in [-0.2, 0) is 0 Å². The Labute approximate surface area is 69.2 Å². The van der Waals surface area contributed by atoms with Gasteiger partial charge >= 0.3 is 0 Å². The number of nitrogens with one attached hydrogen (secondary N) is 1. The maximum atomic E-state index is 3.88. The molecule has 0 aromatic rings. The lowest BCUT2D eigenvalue weighted by atomic mass is 10.0. The van der Waals surface area contributed by atoms with Gasteiger partial charge in [-0.25, -0.2) is 0 Å². The van der Waals surface area contributed by atoms with E-state index in [4.69, 9.17) is 0 Å². The van der Waals surface area contributed by atoms with Gasteiger partial charge < -0.3 is 5.32 Å². The van der Waals surface area contributed by atoms with Gasteiger partial charge in [0.25, 0.3) is 0 Å². The third-order valence-corrected chi connectivity index (χ3v) is 1.98. The molecule has 0 spiro atoms. The maximum absolute atomic E-state index is 3.88. The van der Waals surface area contributed by atoms with E-state index in [9.17, 15) is 0 Å². The van der Waals surface area contributed by atoms with E-state index in [2.05, 4.69) is 24.9 Å². The number of hydrogen-bond donors (Lipinski definition) is 1. The molecule has 1 aliphatic rings. The van der Waals surface area contributed by atoms with E-state index >= 15 is 0 Å². The van der Waals surface area contributed by atoms with Gasteiger partial charge in [0.15, 0.2) is 0 Å². The van der Waals surface area contributed by atoms with Crippen molar-refractivity contribution in [2.45, 2.75) is 26.2 Å². The van der Waals surface area contributed by atoms with Gasteiger partial charge in [0.05, 0.1) is 0 Å². The van der Waals surface area contributed by atoms with Crippen molar-refractivity contribution < 1.29 is 0 Å². The van der Waals surface area contributed by atoms with Crippen molar-refractivity contribution in [3.8, 4) is 0 Å². The fourth-order valence-corrected chi connectivity index (χ4v) is 1.27. The standard InChI is InChI=1S/C10H17N/c1-9(2)3-4-10-5-7-11-8-6-10/h4,11H,1,3,5-8H2,2H3. The van der Waals surface area contributed by atoms with Crippen molar-refractivity contribution in [1.29, 1.82) is 0 Å². The summed E-state index contributed by atoms with van der Waals surface area (Å²) >= 11 is 0. The summed E-state index contributed by atoms with van der Waals surface area (Å²) in [5.74, 6) is 0. The van der Waals surface area contributed by atoms with Gasteiger partial charge in [0.1, 0.15) is 0 Å². The van der Waals surface area contributed by atoms with E-state index in [0.717, 1.165) is 19.5 Å². The highest BCUT2D eigenvalue weighted by Crippen LogP contribution is 2.12. The van der Waals surface area contributed by atoms with Crippen LogP contribution in [0.5, 0.6) is 0 Å². The molecule has 1 N–H and O–H groups in total. The largest absolute Gasteiger partial charge is 0.316 e. The fourth-order valence-electron chi connectivity index (χ4n) is 1.27. The predicted molar refractivity (Wildman–Crippen MR) is 49.6 cm³/mol. The molecule has 62 valence electrons. The summed E-state index contributed by atoms with van der Waals surface area (Å²) in [5.41, 5.74) is 2.86. The molecule has 0 bridgehead atoms. The van der Waals surface area contributed by atoms with Crippen molar-refractivity contribution in [3.05, 3.63) is 23.8 Å². The summed E-state index contributed by atoms with van der Waals surface area (Å²) in [6.45, 7) is 8.27. The summed E-state index contributed by atoms with van der Waals surface area (Å²) < 4.78 is 0. The quantitative estimate of drug-likeness (QED) is 0.597. The van der Waals surface area contributed by atoms with Crippen LogP contribution in [0.15, 0.2) is 23.8 Å². The van der Waals surface area contributed by atoms with Gasteiger partial charge in [-0.2, -0.15) is 0 Å². The highest BCUT2D eigenvalue weighted by molar-refractivity contribution is 5.10. The smallest absolute Gasteiger partial charge is 0.00115 e. The Balaban J connectivity index is 2.32. The van der Waals surface area contributed by atoms with Crippen molar-refractivity contribution in [1.82, 2.24) is 5.32 Å². The van der Waals surface area contributed by atoms with E-state index in [1.54, 1.807) is 5.57 Å². The van der Waals surface area contributed by atoms with Crippen LogP contribution in [0.1, 0.15) is 26.2 Å². The second kappa shape index (κ2) is 4.35. The van der Waals surface area contributed by atoms with E-state index in [1.165, 1.54) is 18.4 Å². The lowest BCUT2D eigenvalue weighted by Gasteiger charge is -2.14. The van der Waals surface area contributed by atoms with E-state index in [0.29, 0.717) is 0 Å². The van der Waals surface area contributed by atoms with Crippen LogP contribution in [0.25, 0.3) is 0 Å². The summed E-state index contributed by atoms with van der Waals surface area (Å²) in [5, 5.41) is 3.34. The predicted octanol–water partition coefficient (Wildman–Crippen LogP) is 2.26. The topological polar surface area (TPSA) is 12.0 Å². The van der Waals surface area contributed by atoms with Crippen LogP contribution in [-0.4, -0.2) is 13.1 Å². The zero-order valence-corrected chi connectivity index (χ0v) is 7.32. The van der Waals surface area contributed by atoms with Gasteiger partial charge in [0.2, 0.25) is 0 Å². The molecule has 0 atom stereocenters. The first kappa shape index (κ1) is 8.54. The van der Waals surface area contributed by atoms with E-state index in [-0.39, 0.29) is 0 Å². The van der Waals surface area contributed by atoms with Crippen LogP contribution >= 0.6 is 0 Å². The number of piperidine rings is 1. The lowest BCUT2D eigenvalue weighted by molar-refractivity contribution is 0.608. The zero-order valence-electron chi connectivity index (χ0n) is 7.32. The Bertz CT molecular complexity index is 160. The molecule has 1 heteroatoms. The van der Waals surface area contributed by atoms with Crippen molar-refractivity contribution in [3.63, 3.8) is 0 Å². The molecule has 11 heavy (non-hydrogen) atoms. The van der Waals surface area contributed by atoms with Crippen LogP contribution in [0, 0.1) is 0 Å². The Morgan fingerprint density at radius 1 is 1.55 bits per heavy atom. The maximum Gasteiger partial charge on any atom is -0.00115 e. The molecule has 0 unspecified atom stereocenters. The highest BCUT2D eigenvalue weighted by atomic mass is 14.9. The molecule has 1 fully saturated rings. The average Bonchev–Trinajstić information content (AvgIpc) is 2.03. The van der Waals surface area contributed by atoms with Crippen LogP contribution in [0.3, 0.4) is 0 Å². The van der Waals surface area contributed by atoms with Crippen LogP contribution < -0.4 is 5.32 Å². The molecule has 0 saturated carbocycles. The molecule has 0 aromatic carbocycles. The Morgan fingerprint density at radius 2 is 2.18 bits per heavy atom. The van der Waals surface area contributed by atoms with Crippen molar-refractivity contribution in [2.24, 2.45) is 0 Å². The average molecular weight is 151 g/mol. The Hall–Kier alpha value is -0.560. The summed E-state index contributed by atoms with van der Waals surface area (Å²) in [7, 11) is 0. The van der Waals surface area contributed by atoms with Gasteiger partial charge in [0, 0.05) is 0 Å².